The molecule has 0 radical (unpaired) electrons. The van der Waals surface area contributed by atoms with E-state index in [2.05, 4.69) is 237 Å². The van der Waals surface area contributed by atoms with Crippen LogP contribution in [0.5, 0.6) is 17.2 Å². The van der Waals surface area contributed by atoms with Gasteiger partial charge in [0, 0.05) is 33.4 Å². The Morgan fingerprint density at radius 1 is 0.462 bits per heavy atom. The van der Waals surface area contributed by atoms with E-state index in [1.807, 2.05) is 0 Å². The second-order valence-electron chi connectivity index (χ2n) is 17.1. The summed E-state index contributed by atoms with van der Waals surface area (Å²) in [4.78, 5) is 11.0. The lowest BCUT2D eigenvalue weighted by Crippen LogP contribution is -2.38. The highest BCUT2D eigenvalue weighted by Crippen LogP contribution is 2.59. The van der Waals surface area contributed by atoms with Crippen LogP contribution in [0.4, 0.5) is 0 Å². The van der Waals surface area contributed by atoms with Gasteiger partial charge in [0.15, 0.2) is 5.82 Å². The summed E-state index contributed by atoms with van der Waals surface area (Å²) in [6, 6.07) is 77.4. The van der Waals surface area contributed by atoms with E-state index in [-0.39, 0.29) is 5.92 Å². The fourth-order valence-corrected chi connectivity index (χ4v) is 10.8. The average molecular weight is 837 g/mol. The summed E-state index contributed by atoms with van der Waals surface area (Å²) in [6.07, 6.45) is 5.29. The first kappa shape index (κ1) is 38.6. The lowest BCUT2D eigenvalue weighted by atomic mass is 9.61. The molecule has 1 aromatic heterocycles. The summed E-state index contributed by atoms with van der Waals surface area (Å²) in [5.74, 6) is 3.76. The van der Waals surface area contributed by atoms with Crippen molar-refractivity contribution in [3.63, 3.8) is 0 Å². The molecule has 4 heteroatoms. The molecule has 310 valence electrons. The number of fused-ring (bicyclic) bond motifs is 3. The molecule has 0 saturated carbocycles. The lowest BCUT2D eigenvalue weighted by molar-refractivity contribution is 0.342. The summed E-state index contributed by atoms with van der Waals surface area (Å²) in [5.41, 5.74) is 12.4. The van der Waals surface area contributed by atoms with E-state index in [0.717, 1.165) is 84.5 Å². The molecule has 0 bridgehead atoms. The molecule has 1 aliphatic carbocycles. The van der Waals surface area contributed by atoms with Crippen molar-refractivity contribution < 1.29 is 9.47 Å². The molecule has 9 aromatic rings. The Balaban J connectivity index is 1.12. The van der Waals surface area contributed by atoms with Gasteiger partial charge in [-0.05, 0) is 65.4 Å². The van der Waals surface area contributed by atoms with Crippen LogP contribution in [-0.2, 0) is 10.8 Å². The monoisotopic (exact) mass is 836 g/mol. The zero-order valence-electron chi connectivity index (χ0n) is 35.9. The van der Waals surface area contributed by atoms with Crippen LogP contribution in [0.3, 0.4) is 0 Å². The fourth-order valence-electron chi connectivity index (χ4n) is 10.8. The third kappa shape index (κ3) is 5.98. The van der Waals surface area contributed by atoms with E-state index in [1.54, 1.807) is 0 Å². The molecule has 8 aromatic carbocycles. The van der Waals surface area contributed by atoms with Crippen molar-refractivity contribution in [2.45, 2.75) is 30.1 Å². The lowest BCUT2D eigenvalue weighted by Gasteiger charge is -2.44. The van der Waals surface area contributed by atoms with E-state index in [0.29, 0.717) is 12.2 Å². The van der Waals surface area contributed by atoms with Gasteiger partial charge in [-0.25, -0.2) is 9.97 Å². The number of aryl methyl sites for hydroxylation is 1. The Labute approximate surface area is 379 Å². The number of hydrogen-bond donors (Lipinski definition) is 0. The molecule has 65 heavy (non-hydrogen) atoms. The number of benzene rings is 8. The predicted octanol–water partition coefficient (Wildman–Crippen LogP) is 14.3. The second kappa shape index (κ2) is 15.6. The van der Waals surface area contributed by atoms with Crippen LogP contribution < -0.4 is 9.47 Å². The summed E-state index contributed by atoms with van der Waals surface area (Å²) in [5, 5.41) is 0. The minimum atomic E-state index is -0.674. The van der Waals surface area contributed by atoms with E-state index in [9.17, 15) is 0 Å². The molecule has 1 unspecified atom stereocenters. The molecule has 3 heterocycles. The molecule has 4 nitrogen and oxygen atoms in total. The molecule has 0 spiro atoms. The van der Waals surface area contributed by atoms with Gasteiger partial charge < -0.3 is 9.47 Å². The number of ether oxygens (including phenoxy) is 2. The minimum absolute atomic E-state index is 0.228. The maximum absolute atomic E-state index is 7.21. The van der Waals surface area contributed by atoms with Crippen LogP contribution in [0.25, 0.3) is 22.6 Å². The molecule has 2 aliphatic heterocycles. The highest BCUT2D eigenvalue weighted by atomic mass is 16.5. The zero-order valence-corrected chi connectivity index (χ0v) is 35.9. The number of rotatable bonds is 7. The van der Waals surface area contributed by atoms with Crippen molar-refractivity contribution in [1.29, 1.82) is 0 Å². The van der Waals surface area contributed by atoms with Crippen LogP contribution in [0.2, 0.25) is 0 Å². The molecular weight excluding hydrogens is 793 g/mol. The van der Waals surface area contributed by atoms with Crippen molar-refractivity contribution in [3.8, 4) is 39.9 Å². The SMILES string of the molecule is Cc1ccccc1-c1nc(-c2cccc3c2Oc2ccccc2C3(c2ccccc2)c2ccccc2)cc(C2CC=CC3=C2Oc2ccccc2C3(c2ccccc2)c2ccccc2)n1. The molecule has 1 atom stereocenters. The summed E-state index contributed by atoms with van der Waals surface area (Å²) in [7, 11) is 0. The number of allylic oxidation sites excluding steroid dienone is 4. The molecule has 12 rings (SSSR count). The standard InChI is InChI=1S/C61H44N2O2/c1-41-22-14-15-31-46(41)59-62-53(47-32-20-36-51-57(47)64-55-38-18-16-34-49(55)60(51,42-23-6-2-7-24-42)43-25-8-3-9-26-43)40-54(63-59)48-33-21-37-52-58(48)65-56-39-19-17-35-50(56)61(52,44-27-10-4-11-28-44)45-29-12-5-13-30-45/h2-32,34-40,48H,33H2,1H3. The van der Waals surface area contributed by atoms with Crippen molar-refractivity contribution in [2.75, 3.05) is 0 Å². The number of nitrogens with zero attached hydrogens (tertiary/aromatic N) is 2. The maximum Gasteiger partial charge on any atom is 0.160 e. The van der Waals surface area contributed by atoms with Crippen molar-refractivity contribution in [2.24, 2.45) is 0 Å². The van der Waals surface area contributed by atoms with Crippen LogP contribution in [-0.4, -0.2) is 9.97 Å². The van der Waals surface area contributed by atoms with Gasteiger partial charge in [-0.1, -0.05) is 206 Å². The molecule has 0 amide bonds. The molecule has 3 aliphatic rings. The van der Waals surface area contributed by atoms with E-state index < -0.39 is 10.8 Å². The highest BCUT2D eigenvalue weighted by molar-refractivity contribution is 5.79. The Morgan fingerprint density at radius 2 is 0.954 bits per heavy atom. The van der Waals surface area contributed by atoms with Crippen LogP contribution in [0, 0.1) is 6.92 Å². The first-order chi connectivity index (χ1) is 32.2. The van der Waals surface area contributed by atoms with Gasteiger partial charge in [-0.15, -0.1) is 0 Å². The third-order valence-corrected chi connectivity index (χ3v) is 13.7. The maximum atomic E-state index is 7.21. The third-order valence-electron chi connectivity index (χ3n) is 13.7. The Kier molecular flexibility index (Phi) is 9.27. The summed E-state index contributed by atoms with van der Waals surface area (Å²) >= 11 is 0. The average Bonchev–Trinajstić information content (AvgIpc) is 3.38. The van der Waals surface area contributed by atoms with Gasteiger partial charge in [-0.2, -0.15) is 0 Å². The van der Waals surface area contributed by atoms with Crippen LogP contribution >= 0.6 is 0 Å². The van der Waals surface area contributed by atoms with Gasteiger partial charge in [0.2, 0.25) is 0 Å². The normalized spacial score (nSPS) is 16.2. The number of aromatic nitrogens is 2. The molecule has 0 saturated heterocycles. The molecular formula is C61H44N2O2. The van der Waals surface area contributed by atoms with E-state index in [4.69, 9.17) is 19.4 Å². The fraction of sp³-hybridized carbons (Fsp3) is 0.0820. The van der Waals surface area contributed by atoms with Gasteiger partial charge in [-0.3, -0.25) is 0 Å². The van der Waals surface area contributed by atoms with E-state index >= 15 is 0 Å². The molecule has 0 fully saturated rings. The minimum Gasteiger partial charge on any atom is -0.460 e. The Morgan fingerprint density at radius 3 is 1.57 bits per heavy atom. The first-order valence-corrected chi connectivity index (χ1v) is 22.4. The summed E-state index contributed by atoms with van der Waals surface area (Å²) < 4.78 is 14.4. The number of para-hydroxylation sites is 3. The Bertz CT molecular complexity index is 3230. The van der Waals surface area contributed by atoms with E-state index in [1.165, 1.54) is 11.1 Å². The van der Waals surface area contributed by atoms with Crippen LogP contribution in [0.1, 0.15) is 62.5 Å². The molecule has 0 N–H and O–H groups in total. The smallest absolute Gasteiger partial charge is 0.160 e. The van der Waals surface area contributed by atoms with Gasteiger partial charge >= 0.3 is 0 Å². The largest absolute Gasteiger partial charge is 0.460 e. The van der Waals surface area contributed by atoms with Crippen molar-refractivity contribution in [3.05, 3.63) is 292 Å². The van der Waals surface area contributed by atoms with Crippen molar-refractivity contribution in [1.82, 2.24) is 9.97 Å². The first-order valence-electron chi connectivity index (χ1n) is 22.4. The summed E-state index contributed by atoms with van der Waals surface area (Å²) in [6.45, 7) is 2.13. The predicted molar refractivity (Wildman–Crippen MR) is 259 cm³/mol. The van der Waals surface area contributed by atoms with Gasteiger partial charge in [0.1, 0.15) is 23.0 Å². The van der Waals surface area contributed by atoms with Crippen molar-refractivity contribution >= 4 is 0 Å². The Hall–Kier alpha value is -8.08. The zero-order chi connectivity index (χ0) is 43.4. The highest BCUT2D eigenvalue weighted by Gasteiger charge is 2.49. The van der Waals surface area contributed by atoms with Gasteiger partial charge in [0.05, 0.1) is 28.1 Å². The quantitative estimate of drug-likeness (QED) is 0.160. The second-order valence-corrected chi connectivity index (χ2v) is 17.1. The van der Waals surface area contributed by atoms with Gasteiger partial charge in [0.25, 0.3) is 0 Å². The van der Waals surface area contributed by atoms with Crippen LogP contribution in [0.15, 0.2) is 242 Å². The number of hydrogen-bond acceptors (Lipinski definition) is 4. The topological polar surface area (TPSA) is 44.2 Å².